The predicted octanol–water partition coefficient (Wildman–Crippen LogP) is 5.22. The molecule has 154 valence electrons. The van der Waals surface area contributed by atoms with Crippen molar-refractivity contribution < 1.29 is 19.1 Å². The number of ether oxygens (including phenoxy) is 2. The van der Waals surface area contributed by atoms with Gasteiger partial charge in [0.15, 0.2) is 17.2 Å². The second kappa shape index (κ2) is 11.4. The monoisotopic (exact) mass is 588 g/mol. The van der Waals surface area contributed by atoms with E-state index in [-0.39, 0.29) is 18.2 Å². The van der Waals surface area contributed by atoms with Gasteiger partial charge >= 0.3 is 0 Å². The summed E-state index contributed by atoms with van der Waals surface area (Å²) in [7, 11) is 4.51. The van der Waals surface area contributed by atoms with Gasteiger partial charge in [0.25, 0.3) is 5.91 Å². The third-order valence-electron chi connectivity index (χ3n) is 3.84. The highest BCUT2D eigenvalue weighted by Crippen LogP contribution is 2.40. The molecule has 0 heterocycles. The highest BCUT2D eigenvalue weighted by molar-refractivity contribution is 9.28. The molecule has 0 fully saturated rings. The molecule has 29 heavy (non-hydrogen) atoms. The molecule has 0 bridgehead atoms. The van der Waals surface area contributed by atoms with Gasteiger partial charge in [0.1, 0.15) is 13.7 Å². The number of oxime groups is 1. The standard InChI is InChI=1S/C20H19Br3N2O4/c1-24-20(26)18(25-28-3)14-7-5-4-6-13(14)11-29-19-15(27-2)9-8-12(17(19)23)10-16(21)22/h4-10H,11H2,1-3H3,(H,24,26)/b25-18+. The molecule has 0 aliphatic heterocycles. The van der Waals surface area contributed by atoms with Gasteiger partial charge < -0.3 is 19.6 Å². The third-order valence-corrected chi connectivity index (χ3v) is 5.12. The molecule has 0 atom stereocenters. The summed E-state index contributed by atoms with van der Waals surface area (Å²) in [6.07, 6.45) is 1.89. The number of hydrogen-bond acceptors (Lipinski definition) is 5. The SMILES string of the molecule is CNC(=O)/C(=N/OC)c1ccccc1COc1c(OC)ccc(C=C(Br)Br)c1Br. The van der Waals surface area contributed by atoms with Crippen molar-refractivity contribution in [3.63, 3.8) is 0 Å². The number of benzene rings is 2. The van der Waals surface area contributed by atoms with Gasteiger partial charge in [-0.05, 0) is 77.1 Å². The molecule has 9 heteroatoms. The summed E-state index contributed by atoms with van der Waals surface area (Å²) in [6, 6.07) is 11.1. The average molecular weight is 591 g/mol. The van der Waals surface area contributed by atoms with Crippen molar-refractivity contribution in [2.45, 2.75) is 6.61 Å². The van der Waals surface area contributed by atoms with Gasteiger partial charge in [-0.1, -0.05) is 29.4 Å². The van der Waals surface area contributed by atoms with Crippen molar-refractivity contribution in [3.8, 4) is 11.5 Å². The highest BCUT2D eigenvalue weighted by Gasteiger charge is 2.19. The number of carbonyl (C=O) groups excluding carboxylic acids is 1. The van der Waals surface area contributed by atoms with Crippen molar-refractivity contribution in [2.24, 2.45) is 5.16 Å². The third kappa shape index (κ3) is 6.07. The van der Waals surface area contributed by atoms with Crippen LogP contribution in [-0.2, 0) is 16.2 Å². The normalized spacial score (nSPS) is 10.9. The zero-order valence-corrected chi connectivity index (χ0v) is 20.7. The summed E-state index contributed by atoms with van der Waals surface area (Å²) in [5.41, 5.74) is 2.44. The quantitative estimate of drug-likeness (QED) is 0.338. The lowest BCUT2D eigenvalue weighted by Gasteiger charge is -2.16. The molecule has 0 saturated heterocycles. The van der Waals surface area contributed by atoms with Crippen LogP contribution < -0.4 is 14.8 Å². The number of nitrogens with zero attached hydrogens (tertiary/aromatic N) is 1. The topological polar surface area (TPSA) is 69.2 Å². The van der Waals surface area contributed by atoms with Gasteiger partial charge in [-0.15, -0.1) is 0 Å². The number of hydrogen-bond donors (Lipinski definition) is 1. The Hall–Kier alpha value is -1.84. The number of methoxy groups -OCH3 is 1. The Morgan fingerprint density at radius 3 is 2.52 bits per heavy atom. The molecule has 1 N–H and O–H groups in total. The lowest BCUT2D eigenvalue weighted by Crippen LogP contribution is -2.29. The summed E-state index contributed by atoms with van der Waals surface area (Å²) in [4.78, 5) is 17.1. The minimum atomic E-state index is -0.354. The first kappa shape index (κ1) is 23.4. The van der Waals surface area contributed by atoms with E-state index in [2.05, 4.69) is 58.3 Å². The van der Waals surface area contributed by atoms with Gasteiger partial charge in [-0.3, -0.25) is 4.79 Å². The maximum Gasteiger partial charge on any atom is 0.273 e. The van der Waals surface area contributed by atoms with Gasteiger partial charge in [-0.2, -0.15) is 0 Å². The van der Waals surface area contributed by atoms with Crippen molar-refractivity contribution in [3.05, 3.63) is 61.0 Å². The molecule has 1 amide bonds. The molecule has 0 aromatic heterocycles. The van der Waals surface area contributed by atoms with Crippen LogP contribution in [0.3, 0.4) is 0 Å². The van der Waals surface area contributed by atoms with Gasteiger partial charge in [0.2, 0.25) is 0 Å². The average Bonchev–Trinajstić information content (AvgIpc) is 2.72. The predicted molar refractivity (Wildman–Crippen MR) is 125 cm³/mol. The lowest BCUT2D eigenvalue weighted by molar-refractivity contribution is -0.114. The van der Waals surface area contributed by atoms with E-state index in [1.54, 1.807) is 13.2 Å². The fraction of sp³-hybridized carbons (Fsp3) is 0.200. The Kier molecular flexibility index (Phi) is 9.19. The molecule has 0 aliphatic carbocycles. The number of likely N-dealkylation sites (N-methyl/N-ethyl adjacent to an activating group) is 1. The zero-order chi connectivity index (χ0) is 21.4. The summed E-state index contributed by atoms with van der Waals surface area (Å²) in [5, 5.41) is 6.44. The Balaban J connectivity index is 2.42. The van der Waals surface area contributed by atoms with Crippen LogP contribution in [0.4, 0.5) is 0 Å². The van der Waals surface area contributed by atoms with E-state index in [0.29, 0.717) is 17.1 Å². The summed E-state index contributed by atoms with van der Waals surface area (Å²) in [6.45, 7) is 0.188. The Morgan fingerprint density at radius 2 is 1.90 bits per heavy atom. The number of nitrogens with one attached hydrogen (secondary N) is 1. The van der Waals surface area contributed by atoms with Crippen LogP contribution in [0, 0.1) is 0 Å². The highest BCUT2D eigenvalue weighted by atomic mass is 79.9. The molecule has 0 aliphatic rings. The fourth-order valence-corrected chi connectivity index (χ4v) is 3.58. The van der Waals surface area contributed by atoms with Crippen LogP contribution >= 0.6 is 47.8 Å². The molecular formula is C20H19Br3N2O4. The summed E-state index contributed by atoms with van der Waals surface area (Å²) < 4.78 is 13.1. The molecule has 2 aromatic carbocycles. The molecule has 6 nitrogen and oxygen atoms in total. The van der Waals surface area contributed by atoms with Crippen LogP contribution in [0.5, 0.6) is 11.5 Å². The molecule has 0 unspecified atom stereocenters. The first-order chi connectivity index (χ1) is 13.9. The van der Waals surface area contributed by atoms with Crippen LogP contribution in [-0.4, -0.2) is 32.9 Å². The Bertz CT molecular complexity index is 941. The van der Waals surface area contributed by atoms with Crippen LogP contribution in [0.2, 0.25) is 0 Å². The fourth-order valence-electron chi connectivity index (χ4n) is 2.53. The van der Waals surface area contributed by atoms with E-state index in [1.807, 2.05) is 36.4 Å². The second-order valence-electron chi connectivity index (χ2n) is 5.58. The van der Waals surface area contributed by atoms with Crippen LogP contribution in [0.25, 0.3) is 6.08 Å². The molecule has 0 radical (unpaired) electrons. The van der Waals surface area contributed by atoms with Crippen molar-refractivity contribution in [1.82, 2.24) is 5.32 Å². The van der Waals surface area contributed by atoms with Gasteiger partial charge in [0, 0.05) is 12.6 Å². The largest absolute Gasteiger partial charge is 0.493 e. The second-order valence-corrected chi connectivity index (χ2v) is 9.15. The maximum atomic E-state index is 12.2. The van der Waals surface area contributed by atoms with Crippen LogP contribution in [0.1, 0.15) is 16.7 Å². The van der Waals surface area contributed by atoms with Gasteiger partial charge in [0.05, 0.1) is 15.0 Å². The van der Waals surface area contributed by atoms with E-state index in [4.69, 9.17) is 14.3 Å². The molecular weight excluding hydrogens is 572 g/mol. The lowest BCUT2D eigenvalue weighted by atomic mass is 10.0. The number of halogens is 3. The number of amides is 1. The van der Waals surface area contributed by atoms with Crippen molar-refractivity contribution >= 4 is 65.5 Å². The van der Waals surface area contributed by atoms with Gasteiger partial charge in [-0.25, -0.2) is 0 Å². The first-order valence-corrected chi connectivity index (χ1v) is 10.7. The Labute approximate surface area is 194 Å². The van der Waals surface area contributed by atoms with E-state index in [9.17, 15) is 4.79 Å². The first-order valence-electron chi connectivity index (χ1n) is 8.36. The van der Waals surface area contributed by atoms with Crippen molar-refractivity contribution in [2.75, 3.05) is 21.3 Å². The molecule has 2 rings (SSSR count). The van der Waals surface area contributed by atoms with E-state index < -0.39 is 0 Å². The van der Waals surface area contributed by atoms with Crippen molar-refractivity contribution in [1.29, 1.82) is 0 Å². The summed E-state index contributed by atoms with van der Waals surface area (Å²) >= 11 is 10.3. The minimum Gasteiger partial charge on any atom is -0.493 e. The maximum absolute atomic E-state index is 12.2. The van der Waals surface area contributed by atoms with Crippen LogP contribution in [0.15, 0.2) is 49.4 Å². The summed E-state index contributed by atoms with van der Waals surface area (Å²) in [5.74, 6) is 0.768. The Morgan fingerprint density at radius 1 is 1.17 bits per heavy atom. The number of rotatable bonds is 8. The molecule has 0 spiro atoms. The van der Waals surface area contributed by atoms with E-state index in [0.717, 1.165) is 19.0 Å². The minimum absolute atomic E-state index is 0.167. The van der Waals surface area contributed by atoms with E-state index >= 15 is 0 Å². The van der Waals surface area contributed by atoms with E-state index in [1.165, 1.54) is 14.2 Å². The zero-order valence-electron chi connectivity index (χ0n) is 16.0. The smallest absolute Gasteiger partial charge is 0.273 e. The molecule has 0 saturated carbocycles. The number of carbonyl (C=O) groups is 1. The molecule has 2 aromatic rings.